The van der Waals surface area contributed by atoms with Crippen LogP contribution in [-0.4, -0.2) is 44.7 Å². The Morgan fingerprint density at radius 1 is 1.27 bits per heavy atom. The number of hydrogen-bond acceptors (Lipinski definition) is 5. The summed E-state index contributed by atoms with van der Waals surface area (Å²) in [7, 11) is 0. The van der Waals surface area contributed by atoms with Crippen molar-refractivity contribution in [3.05, 3.63) is 49.8 Å². The van der Waals surface area contributed by atoms with Crippen LogP contribution in [0.25, 0.3) is 0 Å². The number of aromatic amines is 1. The first-order valence-corrected chi connectivity index (χ1v) is 11.7. The predicted octanol–water partition coefficient (Wildman–Crippen LogP) is 2.74. The molecule has 4 heterocycles. The van der Waals surface area contributed by atoms with Gasteiger partial charge in [-0.25, -0.2) is 4.98 Å². The number of carbonyl (C=O) groups excluding carboxylic acids is 2. The first-order chi connectivity index (χ1) is 14.5. The molecule has 1 saturated heterocycles. The number of piperidine rings is 1. The molecule has 8 heteroatoms. The molecule has 2 aromatic rings. The molecule has 5 rings (SSSR count). The Morgan fingerprint density at radius 3 is 2.83 bits per heavy atom. The van der Waals surface area contributed by atoms with Crippen molar-refractivity contribution in [1.82, 2.24) is 19.8 Å². The average Bonchev–Trinajstić information content (AvgIpc) is 3.25. The van der Waals surface area contributed by atoms with Crippen molar-refractivity contribution in [3.63, 3.8) is 0 Å². The minimum absolute atomic E-state index is 0.0172. The highest BCUT2D eigenvalue weighted by Crippen LogP contribution is 2.42. The quantitative estimate of drug-likeness (QED) is 0.818. The number of amides is 2. The van der Waals surface area contributed by atoms with Crippen molar-refractivity contribution in [1.29, 1.82) is 0 Å². The van der Waals surface area contributed by atoms with E-state index in [4.69, 9.17) is 4.98 Å². The number of hydrogen-bond donors (Lipinski definition) is 1. The SMILES string of the molecule is C[C@@H]1C[C@H]1C(=O)N1CCCC[C@@H]1c1nc2c(c(=O)[nH]1)CCN(C(=O)c1cccs1)C2. The van der Waals surface area contributed by atoms with E-state index in [2.05, 4.69) is 11.9 Å². The monoisotopic (exact) mass is 426 g/mol. The molecule has 2 aromatic heterocycles. The number of likely N-dealkylation sites (tertiary alicyclic amines) is 1. The Hall–Kier alpha value is -2.48. The van der Waals surface area contributed by atoms with Gasteiger partial charge in [-0.1, -0.05) is 13.0 Å². The summed E-state index contributed by atoms with van der Waals surface area (Å²) >= 11 is 1.42. The molecule has 1 saturated carbocycles. The van der Waals surface area contributed by atoms with Gasteiger partial charge in [-0.3, -0.25) is 14.4 Å². The third kappa shape index (κ3) is 3.47. The van der Waals surface area contributed by atoms with E-state index < -0.39 is 0 Å². The van der Waals surface area contributed by atoms with Gasteiger partial charge in [0, 0.05) is 24.6 Å². The van der Waals surface area contributed by atoms with Crippen LogP contribution < -0.4 is 5.56 Å². The lowest BCUT2D eigenvalue weighted by Crippen LogP contribution is -2.43. The molecule has 3 aliphatic rings. The van der Waals surface area contributed by atoms with Crippen molar-refractivity contribution in [2.24, 2.45) is 11.8 Å². The number of aromatic nitrogens is 2. The lowest BCUT2D eigenvalue weighted by Gasteiger charge is -2.36. The molecule has 1 N–H and O–H groups in total. The fourth-order valence-electron chi connectivity index (χ4n) is 4.70. The highest BCUT2D eigenvalue weighted by atomic mass is 32.1. The molecule has 2 aliphatic heterocycles. The van der Waals surface area contributed by atoms with E-state index in [0.717, 1.165) is 32.2 Å². The van der Waals surface area contributed by atoms with E-state index >= 15 is 0 Å². The summed E-state index contributed by atoms with van der Waals surface area (Å²) in [5.74, 6) is 1.32. The van der Waals surface area contributed by atoms with E-state index in [1.54, 1.807) is 4.90 Å². The normalized spacial score (nSPS) is 25.7. The van der Waals surface area contributed by atoms with E-state index in [0.29, 0.717) is 47.4 Å². The number of nitrogens with one attached hydrogen (secondary N) is 1. The molecule has 0 radical (unpaired) electrons. The molecule has 2 fully saturated rings. The molecule has 2 amide bonds. The summed E-state index contributed by atoms with van der Waals surface area (Å²) in [6.07, 6.45) is 4.27. The molecule has 0 aromatic carbocycles. The van der Waals surface area contributed by atoms with Gasteiger partial charge in [0.05, 0.1) is 23.2 Å². The van der Waals surface area contributed by atoms with E-state index in [9.17, 15) is 14.4 Å². The van der Waals surface area contributed by atoms with Crippen LogP contribution in [0.3, 0.4) is 0 Å². The fourth-order valence-corrected chi connectivity index (χ4v) is 5.40. The second-order valence-corrected chi connectivity index (χ2v) is 9.64. The topological polar surface area (TPSA) is 86.4 Å². The molecule has 0 unspecified atom stereocenters. The zero-order valence-corrected chi connectivity index (χ0v) is 17.9. The molecule has 0 spiro atoms. The predicted molar refractivity (Wildman–Crippen MR) is 113 cm³/mol. The molecular weight excluding hydrogens is 400 g/mol. The lowest BCUT2D eigenvalue weighted by atomic mass is 9.99. The maximum Gasteiger partial charge on any atom is 0.264 e. The second kappa shape index (κ2) is 7.65. The maximum absolute atomic E-state index is 13.0. The molecule has 0 bridgehead atoms. The Morgan fingerprint density at radius 2 is 2.10 bits per heavy atom. The van der Waals surface area contributed by atoms with Crippen LogP contribution in [0.4, 0.5) is 0 Å². The van der Waals surface area contributed by atoms with Gasteiger partial charge in [0.1, 0.15) is 5.82 Å². The summed E-state index contributed by atoms with van der Waals surface area (Å²) in [5, 5.41) is 1.89. The summed E-state index contributed by atoms with van der Waals surface area (Å²) in [6, 6.07) is 3.51. The van der Waals surface area contributed by atoms with Crippen molar-refractivity contribution >= 4 is 23.2 Å². The van der Waals surface area contributed by atoms with Crippen molar-refractivity contribution in [2.75, 3.05) is 13.1 Å². The number of thiophene rings is 1. The third-order valence-corrected chi connectivity index (χ3v) is 7.50. The minimum Gasteiger partial charge on any atom is -0.332 e. The van der Waals surface area contributed by atoms with Crippen LogP contribution in [0.15, 0.2) is 22.3 Å². The number of H-pyrrole nitrogens is 1. The van der Waals surface area contributed by atoms with Gasteiger partial charge in [-0.05, 0) is 49.5 Å². The summed E-state index contributed by atoms with van der Waals surface area (Å²) < 4.78 is 0. The number of rotatable bonds is 3. The van der Waals surface area contributed by atoms with Crippen LogP contribution in [0.5, 0.6) is 0 Å². The van der Waals surface area contributed by atoms with E-state index in [-0.39, 0.29) is 29.3 Å². The number of carbonyl (C=O) groups is 2. The van der Waals surface area contributed by atoms with Gasteiger partial charge in [-0.15, -0.1) is 11.3 Å². The highest BCUT2D eigenvalue weighted by Gasteiger charge is 2.44. The Bertz CT molecular complexity index is 1030. The van der Waals surface area contributed by atoms with Crippen molar-refractivity contribution < 1.29 is 9.59 Å². The first-order valence-electron chi connectivity index (χ1n) is 10.8. The molecule has 30 heavy (non-hydrogen) atoms. The van der Waals surface area contributed by atoms with Crippen LogP contribution in [0.2, 0.25) is 0 Å². The van der Waals surface area contributed by atoms with Gasteiger partial charge in [0.2, 0.25) is 5.91 Å². The van der Waals surface area contributed by atoms with Gasteiger partial charge < -0.3 is 14.8 Å². The van der Waals surface area contributed by atoms with Gasteiger partial charge >= 0.3 is 0 Å². The number of fused-ring (bicyclic) bond motifs is 1. The van der Waals surface area contributed by atoms with Gasteiger partial charge in [0.25, 0.3) is 11.5 Å². The average molecular weight is 427 g/mol. The van der Waals surface area contributed by atoms with Crippen LogP contribution in [-0.2, 0) is 17.8 Å². The van der Waals surface area contributed by atoms with Crippen LogP contribution in [0, 0.1) is 11.8 Å². The van der Waals surface area contributed by atoms with Crippen molar-refractivity contribution in [3.8, 4) is 0 Å². The molecule has 3 atom stereocenters. The molecule has 7 nitrogen and oxygen atoms in total. The van der Waals surface area contributed by atoms with E-state index in [1.165, 1.54) is 11.3 Å². The largest absolute Gasteiger partial charge is 0.332 e. The zero-order chi connectivity index (χ0) is 20.8. The summed E-state index contributed by atoms with van der Waals surface area (Å²) in [6.45, 7) is 3.68. The van der Waals surface area contributed by atoms with Crippen LogP contribution >= 0.6 is 11.3 Å². The zero-order valence-electron chi connectivity index (χ0n) is 17.1. The van der Waals surface area contributed by atoms with Crippen LogP contribution in [0.1, 0.15) is 65.4 Å². The van der Waals surface area contributed by atoms with E-state index in [1.807, 2.05) is 22.4 Å². The first kappa shape index (κ1) is 19.5. The Balaban J connectivity index is 1.42. The van der Waals surface area contributed by atoms with Crippen molar-refractivity contribution in [2.45, 2.75) is 51.6 Å². The van der Waals surface area contributed by atoms with Gasteiger partial charge in [-0.2, -0.15) is 0 Å². The maximum atomic E-state index is 13.0. The minimum atomic E-state index is -0.180. The lowest BCUT2D eigenvalue weighted by molar-refractivity contribution is -0.137. The number of nitrogens with zero attached hydrogens (tertiary/aromatic N) is 3. The molecular formula is C22H26N4O3S. The fraction of sp³-hybridized carbons (Fsp3) is 0.545. The highest BCUT2D eigenvalue weighted by molar-refractivity contribution is 7.12. The summed E-state index contributed by atoms with van der Waals surface area (Å²) in [4.78, 5) is 50.7. The standard InChI is InChI=1S/C22H26N4O3S/c1-13-11-15(13)21(28)26-8-3-2-5-17(26)19-23-16-12-25(9-7-14(16)20(27)24-19)22(29)18-6-4-10-30-18/h4,6,10,13,15,17H,2-3,5,7-9,11-12H2,1H3,(H,23,24,27)/t13-,15-,17-/m1/s1. The second-order valence-electron chi connectivity index (χ2n) is 8.69. The smallest absolute Gasteiger partial charge is 0.264 e. The Kier molecular flexibility index (Phi) is 4.97. The summed E-state index contributed by atoms with van der Waals surface area (Å²) in [5.41, 5.74) is 1.21. The molecule has 1 aliphatic carbocycles. The third-order valence-electron chi connectivity index (χ3n) is 6.64. The van der Waals surface area contributed by atoms with Gasteiger partial charge in [0.15, 0.2) is 0 Å². The molecule has 158 valence electrons. The Labute approximate surface area is 179 Å².